The van der Waals surface area contributed by atoms with Crippen molar-refractivity contribution in [3.05, 3.63) is 36.2 Å². The summed E-state index contributed by atoms with van der Waals surface area (Å²) in [5, 5.41) is 0. The molecular formula is C12H13N3O. The van der Waals surface area contributed by atoms with Gasteiger partial charge in [-0.1, -0.05) is 18.2 Å². The van der Waals surface area contributed by atoms with Gasteiger partial charge in [-0.15, -0.1) is 0 Å². The number of anilines is 1. The number of hydrogen-bond acceptors (Lipinski definition) is 4. The molecule has 4 heteroatoms. The van der Waals surface area contributed by atoms with Crippen molar-refractivity contribution in [1.29, 1.82) is 0 Å². The van der Waals surface area contributed by atoms with Gasteiger partial charge in [0.1, 0.15) is 0 Å². The number of para-hydroxylation sites is 1. The molecule has 0 saturated heterocycles. The van der Waals surface area contributed by atoms with Crippen LogP contribution in [0.1, 0.15) is 5.69 Å². The van der Waals surface area contributed by atoms with E-state index in [4.69, 9.17) is 10.5 Å². The quantitative estimate of drug-likeness (QED) is 0.779. The van der Waals surface area contributed by atoms with E-state index in [1.807, 2.05) is 31.2 Å². The summed E-state index contributed by atoms with van der Waals surface area (Å²) in [5.41, 5.74) is 9.35. The maximum Gasteiger partial charge on any atom is 0.316 e. The predicted octanol–water partition coefficient (Wildman–Crippen LogP) is 2.04. The van der Waals surface area contributed by atoms with E-state index in [9.17, 15) is 0 Å². The van der Waals surface area contributed by atoms with Crippen LogP contribution in [0.15, 0.2) is 30.5 Å². The van der Waals surface area contributed by atoms with Gasteiger partial charge in [0.05, 0.1) is 12.8 Å². The van der Waals surface area contributed by atoms with Gasteiger partial charge >= 0.3 is 6.01 Å². The highest BCUT2D eigenvalue weighted by molar-refractivity contribution is 5.76. The van der Waals surface area contributed by atoms with E-state index in [1.165, 1.54) is 0 Å². The molecule has 0 spiro atoms. The minimum Gasteiger partial charge on any atom is -0.467 e. The molecule has 1 heterocycles. The van der Waals surface area contributed by atoms with Crippen LogP contribution >= 0.6 is 0 Å². The zero-order valence-electron chi connectivity index (χ0n) is 9.27. The highest BCUT2D eigenvalue weighted by Crippen LogP contribution is 2.27. The number of nitrogens with zero attached hydrogens (tertiary/aromatic N) is 2. The van der Waals surface area contributed by atoms with Crippen molar-refractivity contribution in [2.24, 2.45) is 0 Å². The van der Waals surface area contributed by atoms with Crippen molar-refractivity contribution in [1.82, 2.24) is 9.97 Å². The first-order valence-electron chi connectivity index (χ1n) is 4.95. The van der Waals surface area contributed by atoms with Crippen molar-refractivity contribution >= 4 is 5.69 Å². The van der Waals surface area contributed by atoms with Crippen LogP contribution in [0.2, 0.25) is 0 Å². The molecule has 0 aliphatic heterocycles. The Morgan fingerprint density at radius 3 is 2.56 bits per heavy atom. The molecule has 1 aromatic heterocycles. The predicted molar refractivity (Wildman–Crippen MR) is 63.2 cm³/mol. The Hall–Kier alpha value is -2.10. The second-order valence-electron chi connectivity index (χ2n) is 3.44. The lowest BCUT2D eigenvalue weighted by Crippen LogP contribution is -1.97. The second-order valence-corrected chi connectivity index (χ2v) is 3.44. The Bertz CT molecular complexity index is 511. The third-order valence-corrected chi connectivity index (χ3v) is 2.39. The number of aryl methyl sites for hydroxylation is 1. The Balaban J connectivity index is 2.53. The van der Waals surface area contributed by atoms with Gasteiger partial charge in [-0.2, -0.15) is 4.98 Å². The molecular weight excluding hydrogens is 202 g/mol. The van der Waals surface area contributed by atoms with Gasteiger partial charge in [0.25, 0.3) is 0 Å². The van der Waals surface area contributed by atoms with Crippen LogP contribution < -0.4 is 10.5 Å². The molecule has 0 saturated carbocycles. The van der Waals surface area contributed by atoms with Gasteiger partial charge in [-0.05, 0) is 13.0 Å². The van der Waals surface area contributed by atoms with Gasteiger partial charge < -0.3 is 10.5 Å². The van der Waals surface area contributed by atoms with Gasteiger partial charge in [0.15, 0.2) is 0 Å². The molecule has 0 amide bonds. The summed E-state index contributed by atoms with van der Waals surface area (Å²) >= 11 is 0. The molecule has 0 bridgehead atoms. The topological polar surface area (TPSA) is 61.0 Å². The minimum atomic E-state index is 0.371. The van der Waals surface area contributed by atoms with Crippen LogP contribution in [0.4, 0.5) is 5.69 Å². The number of aromatic nitrogens is 2. The van der Waals surface area contributed by atoms with E-state index in [0.717, 1.165) is 22.5 Å². The molecule has 82 valence electrons. The number of ether oxygens (including phenoxy) is 1. The summed E-state index contributed by atoms with van der Waals surface area (Å²) < 4.78 is 4.96. The Morgan fingerprint density at radius 1 is 1.19 bits per heavy atom. The van der Waals surface area contributed by atoms with Crippen molar-refractivity contribution < 1.29 is 4.74 Å². The third kappa shape index (κ3) is 1.82. The van der Waals surface area contributed by atoms with E-state index in [1.54, 1.807) is 13.3 Å². The van der Waals surface area contributed by atoms with Crippen LogP contribution in [-0.4, -0.2) is 17.1 Å². The molecule has 2 rings (SSSR count). The fourth-order valence-electron chi connectivity index (χ4n) is 1.55. The van der Waals surface area contributed by atoms with Crippen molar-refractivity contribution in [2.75, 3.05) is 12.8 Å². The Kier molecular flexibility index (Phi) is 2.72. The van der Waals surface area contributed by atoms with Crippen LogP contribution in [0, 0.1) is 6.92 Å². The number of hydrogen-bond donors (Lipinski definition) is 1. The lowest BCUT2D eigenvalue weighted by Gasteiger charge is -2.08. The monoisotopic (exact) mass is 215 g/mol. The summed E-state index contributed by atoms with van der Waals surface area (Å²) in [6, 6.07) is 8.02. The van der Waals surface area contributed by atoms with Gasteiger partial charge in [0.2, 0.25) is 0 Å². The van der Waals surface area contributed by atoms with Crippen LogP contribution in [0.5, 0.6) is 6.01 Å². The van der Waals surface area contributed by atoms with Crippen molar-refractivity contribution in [3.8, 4) is 17.1 Å². The summed E-state index contributed by atoms with van der Waals surface area (Å²) in [6.07, 6.45) is 1.73. The first-order valence-corrected chi connectivity index (χ1v) is 4.95. The molecule has 0 fully saturated rings. The Morgan fingerprint density at radius 2 is 1.94 bits per heavy atom. The molecule has 4 nitrogen and oxygen atoms in total. The van der Waals surface area contributed by atoms with E-state index >= 15 is 0 Å². The lowest BCUT2D eigenvalue weighted by molar-refractivity contribution is 0.379. The van der Waals surface area contributed by atoms with Gasteiger partial charge in [0, 0.05) is 23.0 Å². The van der Waals surface area contributed by atoms with E-state index < -0.39 is 0 Å². The largest absolute Gasteiger partial charge is 0.467 e. The fourth-order valence-corrected chi connectivity index (χ4v) is 1.55. The third-order valence-electron chi connectivity index (χ3n) is 2.39. The standard InChI is InChI=1S/C12H13N3O/c1-8-10(7-14-12(15-8)16-2)9-5-3-4-6-11(9)13/h3-7H,13H2,1-2H3. The van der Waals surface area contributed by atoms with Crippen molar-refractivity contribution in [2.45, 2.75) is 6.92 Å². The first kappa shape index (κ1) is 10.4. The molecule has 1 aromatic carbocycles. The van der Waals surface area contributed by atoms with Crippen LogP contribution in [-0.2, 0) is 0 Å². The Labute approximate surface area is 94.1 Å². The average Bonchev–Trinajstić information content (AvgIpc) is 2.30. The zero-order chi connectivity index (χ0) is 11.5. The number of benzene rings is 1. The molecule has 0 unspecified atom stereocenters. The summed E-state index contributed by atoms with van der Waals surface area (Å²) in [5.74, 6) is 0. The van der Waals surface area contributed by atoms with Crippen molar-refractivity contribution in [3.63, 3.8) is 0 Å². The SMILES string of the molecule is COc1ncc(-c2ccccc2N)c(C)n1. The number of nitrogen functional groups attached to an aromatic ring is 1. The van der Waals surface area contributed by atoms with E-state index in [-0.39, 0.29) is 0 Å². The van der Waals surface area contributed by atoms with Gasteiger partial charge in [-0.3, -0.25) is 0 Å². The highest BCUT2D eigenvalue weighted by atomic mass is 16.5. The number of rotatable bonds is 2. The molecule has 0 radical (unpaired) electrons. The maximum absolute atomic E-state index is 5.91. The van der Waals surface area contributed by atoms with Gasteiger partial charge in [-0.25, -0.2) is 4.98 Å². The minimum absolute atomic E-state index is 0.371. The summed E-state index contributed by atoms with van der Waals surface area (Å²) in [6.45, 7) is 1.91. The normalized spacial score (nSPS) is 10.1. The smallest absolute Gasteiger partial charge is 0.316 e. The molecule has 2 N–H and O–H groups in total. The molecule has 0 aliphatic rings. The summed E-state index contributed by atoms with van der Waals surface area (Å²) in [4.78, 5) is 8.31. The summed E-state index contributed by atoms with van der Waals surface area (Å²) in [7, 11) is 1.55. The van der Waals surface area contributed by atoms with E-state index in [0.29, 0.717) is 6.01 Å². The lowest BCUT2D eigenvalue weighted by atomic mass is 10.0. The molecule has 0 atom stereocenters. The van der Waals surface area contributed by atoms with E-state index in [2.05, 4.69) is 9.97 Å². The highest BCUT2D eigenvalue weighted by Gasteiger charge is 2.07. The molecule has 2 aromatic rings. The van der Waals surface area contributed by atoms with Crippen LogP contribution in [0.25, 0.3) is 11.1 Å². The number of methoxy groups -OCH3 is 1. The fraction of sp³-hybridized carbons (Fsp3) is 0.167. The zero-order valence-corrected chi connectivity index (χ0v) is 9.27. The molecule has 16 heavy (non-hydrogen) atoms. The van der Waals surface area contributed by atoms with Crippen LogP contribution in [0.3, 0.4) is 0 Å². The first-order chi connectivity index (χ1) is 7.72. The average molecular weight is 215 g/mol. The second kappa shape index (κ2) is 4.18. The molecule has 0 aliphatic carbocycles. The maximum atomic E-state index is 5.91. The number of nitrogens with two attached hydrogens (primary N) is 1.